The van der Waals surface area contributed by atoms with Crippen molar-refractivity contribution in [2.45, 2.75) is 25.3 Å². The molecule has 0 aliphatic heterocycles. The Balaban J connectivity index is 2.19. The number of aryl methyl sites for hydroxylation is 2. The van der Waals surface area contributed by atoms with Crippen LogP contribution in [0.1, 0.15) is 15.3 Å². The predicted octanol–water partition coefficient (Wildman–Crippen LogP) is 1.52. The molecule has 2 aromatic heterocycles. The summed E-state index contributed by atoms with van der Waals surface area (Å²) in [6, 6.07) is 4.98. The van der Waals surface area contributed by atoms with Gasteiger partial charge < -0.3 is 5.43 Å². The number of nitrogens with two attached hydrogens (primary N) is 1. The summed E-state index contributed by atoms with van der Waals surface area (Å²) in [6.07, 6.45) is 1.47. The van der Waals surface area contributed by atoms with E-state index in [0.717, 1.165) is 10.4 Å². The van der Waals surface area contributed by atoms with Gasteiger partial charge in [-0.25, -0.2) is 24.0 Å². The van der Waals surface area contributed by atoms with E-state index in [-0.39, 0.29) is 17.3 Å². The Hall–Kier alpha value is -1.48. The summed E-state index contributed by atoms with van der Waals surface area (Å²) in [5, 5.41) is 0. The van der Waals surface area contributed by atoms with E-state index in [1.54, 1.807) is 17.4 Å². The summed E-state index contributed by atoms with van der Waals surface area (Å²) in [6.45, 7) is 4.26. The van der Waals surface area contributed by atoms with Gasteiger partial charge in [-0.3, -0.25) is 0 Å². The van der Waals surface area contributed by atoms with Gasteiger partial charge in [0.15, 0.2) is 5.82 Å². The molecular weight excluding hydrogens is 296 g/mol. The second-order valence-corrected chi connectivity index (χ2v) is 7.35. The number of anilines is 1. The molecule has 0 aromatic carbocycles. The highest BCUT2D eigenvalue weighted by molar-refractivity contribution is 7.89. The van der Waals surface area contributed by atoms with Gasteiger partial charge in [-0.15, -0.1) is 11.3 Å². The summed E-state index contributed by atoms with van der Waals surface area (Å²) in [4.78, 5) is 6.07. The number of pyridine rings is 1. The molecular formula is C12H16N4O2S2. The van der Waals surface area contributed by atoms with Crippen molar-refractivity contribution in [1.82, 2.24) is 9.71 Å². The molecule has 0 aliphatic carbocycles. The van der Waals surface area contributed by atoms with E-state index in [1.165, 1.54) is 17.1 Å². The molecule has 2 aromatic rings. The van der Waals surface area contributed by atoms with Crippen LogP contribution in [0.3, 0.4) is 0 Å². The van der Waals surface area contributed by atoms with Crippen molar-refractivity contribution in [2.75, 3.05) is 5.43 Å². The number of nitrogens with one attached hydrogen (secondary N) is 2. The van der Waals surface area contributed by atoms with Crippen LogP contribution in [0.2, 0.25) is 0 Å². The lowest BCUT2D eigenvalue weighted by Gasteiger charge is -2.09. The van der Waals surface area contributed by atoms with Gasteiger partial charge in [0.05, 0.1) is 0 Å². The first-order valence-corrected chi connectivity index (χ1v) is 8.21. The van der Waals surface area contributed by atoms with E-state index in [4.69, 9.17) is 5.84 Å². The van der Waals surface area contributed by atoms with Gasteiger partial charge in [0.1, 0.15) is 4.90 Å². The number of hydrogen-bond donors (Lipinski definition) is 3. The van der Waals surface area contributed by atoms with Crippen LogP contribution in [0.5, 0.6) is 0 Å². The standard InChI is InChI=1S/C12H16N4O2S2/c1-8-6-10(19-9(8)2)7-15-20(17,18)11-4-3-5-14-12(11)16-13/h3-6,15H,7,13H2,1-2H3,(H,14,16). The van der Waals surface area contributed by atoms with Crippen LogP contribution >= 0.6 is 11.3 Å². The zero-order valence-corrected chi connectivity index (χ0v) is 12.8. The number of thiophene rings is 1. The summed E-state index contributed by atoms with van der Waals surface area (Å²) >= 11 is 1.58. The second kappa shape index (κ2) is 5.88. The van der Waals surface area contributed by atoms with Gasteiger partial charge >= 0.3 is 0 Å². The number of sulfonamides is 1. The van der Waals surface area contributed by atoms with Gasteiger partial charge in [-0.2, -0.15) is 0 Å². The first kappa shape index (κ1) is 14.9. The summed E-state index contributed by atoms with van der Waals surface area (Å²) < 4.78 is 27.0. The van der Waals surface area contributed by atoms with Crippen LogP contribution in [0.15, 0.2) is 29.3 Å². The third-order valence-electron chi connectivity index (χ3n) is 2.85. The monoisotopic (exact) mass is 312 g/mol. The first-order valence-electron chi connectivity index (χ1n) is 5.91. The quantitative estimate of drug-likeness (QED) is 0.574. The van der Waals surface area contributed by atoms with Crippen LogP contribution in [0, 0.1) is 13.8 Å². The average molecular weight is 312 g/mol. The van der Waals surface area contributed by atoms with Crippen molar-refractivity contribution in [1.29, 1.82) is 0 Å². The van der Waals surface area contributed by atoms with Crippen LogP contribution in [0.25, 0.3) is 0 Å². The van der Waals surface area contributed by atoms with E-state index in [2.05, 4.69) is 15.1 Å². The highest BCUT2D eigenvalue weighted by Crippen LogP contribution is 2.22. The summed E-state index contributed by atoms with van der Waals surface area (Å²) in [5.41, 5.74) is 3.45. The van der Waals surface area contributed by atoms with Gasteiger partial charge in [0.25, 0.3) is 0 Å². The summed E-state index contributed by atoms with van der Waals surface area (Å²) in [5.74, 6) is 5.40. The van der Waals surface area contributed by atoms with Gasteiger partial charge in [-0.05, 0) is 37.6 Å². The fourth-order valence-electron chi connectivity index (χ4n) is 1.70. The van der Waals surface area contributed by atoms with Crippen molar-refractivity contribution < 1.29 is 8.42 Å². The zero-order chi connectivity index (χ0) is 14.8. The Bertz CT molecular complexity index is 690. The molecule has 4 N–H and O–H groups in total. The van der Waals surface area contributed by atoms with Gasteiger partial charge in [0.2, 0.25) is 10.0 Å². The van der Waals surface area contributed by atoms with Crippen molar-refractivity contribution in [3.05, 3.63) is 39.7 Å². The predicted molar refractivity (Wildman–Crippen MR) is 79.9 cm³/mol. The average Bonchev–Trinajstić information content (AvgIpc) is 2.76. The Kier molecular flexibility index (Phi) is 4.39. The number of aromatic nitrogens is 1. The Morgan fingerprint density at radius 1 is 1.40 bits per heavy atom. The molecule has 2 heterocycles. The number of rotatable bonds is 5. The van der Waals surface area contributed by atoms with E-state index < -0.39 is 10.0 Å². The van der Waals surface area contributed by atoms with Crippen molar-refractivity contribution >= 4 is 27.2 Å². The molecule has 0 aliphatic rings. The van der Waals surface area contributed by atoms with Crippen molar-refractivity contribution in [3.63, 3.8) is 0 Å². The molecule has 8 heteroatoms. The minimum Gasteiger partial charge on any atom is -0.307 e. The molecule has 20 heavy (non-hydrogen) atoms. The molecule has 0 amide bonds. The maximum absolute atomic E-state index is 12.2. The van der Waals surface area contributed by atoms with Crippen LogP contribution in [-0.2, 0) is 16.6 Å². The largest absolute Gasteiger partial charge is 0.307 e. The van der Waals surface area contributed by atoms with Crippen molar-refractivity contribution in [3.8, 4) is 0 Å². The van der Waals surface area contributed by atoms with Gasteiger partial charge in [-0.1, -0.05) is 0 Å². The molecule has 0 saturated carbocycles. The van der Waals surface area contributed by atoms with E-state index in [1.807, 2.05) is 19.9 Å². The third kappa shape index (κ3) is 3.15. The fraction of sp³-hybridized carbons (Fsp3) is 0.250. The van der Waals surface area contributed by atoms with E-state index >= 15 is 0 Å². The number of hydrogen-bond acceptors (Lipinski definition) is 6. The maximum Gasteiger partial charge on any atom is 0.244 e. The molecule has 0 saturated heterocycles. The fourth-order valence-corrected chi connectivity index (χ4v) is 3.91. The Morgan fingerprint density at radius 3 is 2.75 bits per heavy atom. The molecule has 0 radical (unpaired) electrons. The smallest absolute Gasteiger partial charge is 0.244 e. The molecule has 6 nitrogen and oxygen atoms in total. The molecule has 0 bridgehead atoms. The molecule has 0 atom stereocenters. The third-order valence-corrected chi connectivity index (χ3v) is 5.44. The lowest BCUT2D eigenvalue weighted by molar-refractivity contribution is 0.581. The molecule has 108 valence electrons. The van der Waals surface area contributed by atoms with E-state index in [9.17, 15) is 8.42 Å². The first-order chi connectivity index (χ1) is 9.44. The Morgan fingerprint density at radius 2 is 2.15 bits per heavy atom. The number of nitrogens with zero attached hydrogens (tertiary/aromatic N) is 1. The lowest BCUT2D eigenvalue weighted by atomic mass is 10.3. The van der Waals surface area contributed by atoms with Gasteiger partial charge in [0, 0.05) is 22.5 Å². The van der Waals surface area contributed by atoms with E-state index in [0.29, 0.717) is 0 Å². The normalized spacial score (nSPS) is 11.6. The van der Waals surface area contributed by atoms with Crippen LogP contribution < -0.4 is 16.0 Å². The SMILES string of the molecule is Cc1cc(CNS(=O)(=O)c2cccnc2NN)sc1C. The topological polar surface area (TPSA) is 97.1 Å². The number of nitrogen functional groups attached to an aromatic ring is 1. The van der Waals surface area contributed by atoms with Crippen LogP contribution in [0.4, 0.5) is 5.82 Å². The molecule has 0 fully saturated rings. The minimum absolute atomic E-state index is 0.0347. The second-order valence-electron chi connectivity index (χ2n) is 4.27. The highest BCUT2D eigenvalue weighted by Gasteiger charge is 2.19. The summed E-state index contributed by atoms with van der Waals surface area (Å²) in [7, 11) is -3.65. The molecule has 0 spiro atoms. The molecule has 0 unspecified atom stereocenters. The highest BCUT2D eigenvalue weighted by atomic mass is 32.2. The Labute approximate surface area is 122 Å². The van der Waals surface area contributed by atoms with Crippen LogP contribution in [-0.4, -0.2) is 13.4 Å². The number of hydrazine groups is 1. The van der Waals surface area contributed by atoms with Crippen molar-refractivity contribution in [2.24, 2.45) is 5.84 Å². The zero-order valence-electron chi connectivity index (χ0n) is 11.2. The minimum atomic E-state index is -3.65. The lowest BCUT2D eigenvalue weighted by Crippen LogP contribution is -2.25. The molecule has 2 rings (SSSR count). The maximum atomic E-state index is 12.2.